The number of hydrogen-bond acceptors (Lipinski definition) is 5. The van der Waals surface area contributed by atoms with E-state index in [0.29, 0.717) is 38.9 Å². The van der Waals surface area contributed by atoms with Gasteiger partial charge in [0.05, 0.1) is 16.7 Å². The molecule has 0 bridgehead atoms. The van der Waals surface area contributed by atoms with Gasteiger partial charge in [0.1, 0.15) is 0 Å². The Bertz CT molecular complexity index is 1160. The quantitative estimate of drug-likeness (QED) is 0.428. The molecule has 0 aliphatic rings. The number of fused-ring (bicyclic) bond motifs is 1. The maximum atomic E-state index is 12.9. The number of thioether (sulfide) groups is 1. The second-order valence-electron chi connectivity index (χ2n) is 7.14. The maximum absolute atomic E-state index is 12.9. The van der Waals surface area contributed by atoms with Crippen LogP contribution in [0.1, 0.15) is 24.2 Å². The van der Waals surface area contributed by atoms with Crippen molar-refractivity contribution in [2.24, 2.45) is 11.7 Å². The first-order chi connectivity index (χ1) is 14.2. The maximum Gasteiger partial charge on any atom is 0.262 e. The number of nitrogens with two attached hydrogens (primary N) is 1. The molecular weight excluding hydrogens is 424 g/mol. The van der Waals surface area contributed by atoms with Crippen LogP contribution in [0.25, 0.3) is 10.9 Å². The number of rotatable bonds is 7. The van der Waals surface area contributed by atoms with Crippen molar-refractivity contribution in [3.05, 3.63) is 63.4 Å². The number of benzene rings is 2. The number of anilines is 1. The van der Waals surface area contributed by atoms with Crippen LogP contribution in [0.3, 0.4) is 0 Å². The molecular formula is C21H21ClN4O3S. The van der Waals surface area contributed by atoms with Gasteiger partial charge in [-0.3, -0.25) is 19.0 Å². The number of aromatic nitrogens is 2. The topological polar surface area (TPSA) is 107 Å². The molecule has 0 aliphatic heterocycles. The lowest BCUT2D eigenvalue weighted by Crippen LogP contribution is -2.26. The minimum absolute atomic E-state index is 0.0637. The van der Waals surface area contributed by atoms with Crippen LogP contribution in [0, 0.1) is 5.92 Å². The molecule has 3 N–H and O–H groups in total. The van der Waals surface area contributed by atoms with Crippen LogP contribution in [0.2, 0.25) is 5.02 Å². The predicted molar refractivity (Wildman–Crippen MR) is 120 cm³/mol. The van der Waals surface area contributed by atoms with Crippen LogP contribution in [-0.2, 0) is 11.3 Å². The van der Waals surface area contributed by atoms with Crippen LogP contribution in [0.5, 0.6) is 0 Å². The lowest BCUT2D eigenvalue weighted by atomic mass is 10.2. The molecule has 7 nitrogen and oxygen atoms in total. The van der Waals surface area contributed by atoms with Gasteiger partial charge in [0.2, 0.25) is 11.8 Å². The van der Waals surface area contributed by atoms with Crippen molar-refractivity contribution >= 4 is 51.8 Å². The molecule has 3 rings (SSSR count). The van der Waals surface area contributed by atoms with Gasteiger partial charge >= 0.3 is 0 Å². The minimum atomic E-state index is -0.533. The van der Waals surface area contributed by atoms with Crippen molar-refractivity contribution in [2.75, 3.05) is 11.1 Å². The van der Waals surface area contributed by atoms with Gasteiger partial charge in [-0.25, -0.2) is 4.98 Å². The van der Waals surface area contributed by atoms with Gasteiger partial charge in [-0.05, 0) is 48.4 Å². The Kier molecular flexibility index (Phi) is 6.79. The molecule has 1 aromatic heterocycles. The molecule has 2 aromatic carbocycles. The van der Waals surface area contributed by atoms with Crippen molar-refractivity contribution in [3.8, 4) is 0 Å². The summed E-state index contributed by atoms with van der Waals surface area (Å²) in [7, 11) is 0. The summed E-state index contributed by atoms with van der Waals surface area (Å²) in [5.41, 5.74) is 6.46. The molecule has 0 spiro atoms. The average Bonchev–Trinajstić information content (AvgIpc) is 2.68. The van der Waals surface area contributed by atoms with E-state index >= 15 is 0 Å². The average molecular weight is 445 g/mol. The smallest absolute Gasteiger partial charge is 0.262 e. The van der Waals surface area contributed by atoms with E-state index in [1.807, 2.05) is 13.8 Å². The number of primary amides is 1. The number of hydrogen-bond donors (Lipinski definition) is 2. The molecule has 9 heteroatoms. The highest BCUT2D eigenvalue weighted by Crippen LogP contribution is 2.21. The highest BCUT2D eigenvalue weighted by atomic mass is 35.5. The van der Waals surface area contributed by atoms with E-state index in [4.69, 9.17) is 17.3 Å². The second-order valence-corrected chi connectivity index (χ2v) is 8.52. The summed E-state index contributed by atoms with van der Waals surface area (Å²) in [6, 6.07) is 11.3. The molecule has 3 aromatic rings. The van der Waals surface area contributed by atoms with Gasteiger partial charge in [-0.1, -0.05) is 37.2 Å². The first-order valence-electron chi connectivity index (χ1n) is 9.27. The molecule has 0 atom stereocenters. The lowest BCUT2D eigenvalue weighted by molar-refractivity contribution is -0.113. The summed E-state index contributed by atoms with van der Waals surface area (Å²) in [5, 5.41) is 4.19. The summed E-state index contributed by atoms with van der Waals surface area (Å²) in [6.45, 7) is 4.51. The molecule has 156 valence electrons. The molecule has 30 heavy (non-hydrogen) atoms. The van der Waals surface area contributed by atoms with Crippen molar-refractivity contribution < 1.29 is 9.59 Å². The van der Waals surface area contributed by atoms with E-state index in [1.165, 1.54) is 11.8 Å². The van der Waals surface area contributed by atoms with E-state index < -0.39 is 5.91 Å². The molecule has 0 radical (unpaired) electrons. The van der Waals surface area contributed by atoms with Crippen LogP contribution < -0.4 is 16.6 Å². The largest absolute Gasteiger partial charge is 0.366 e. The summed E-state index contributed by atoms with van der Waals surface area (Å²) in [5.74, 6) is -0.502. The number of amides is 2. The van der Waals surface area contributed by atoms with Gasteiger partial charge in [0.25, 0.3) is 5.56 Å². The summed E-state index contributed by atoms with van der Waals surface area (Å²) in [4.78, 5) is 41.0. The van der Waals surface area contributed by atoms with Crippen LogP contribution >= 0.6 is 23.4 Å². The van der Waals surface area contributed by atoms with Crippen LogP contribution in [0.4, 0.5) is 5.69 Å². The van der Waals surface area contributed by atoms with Gasteiger partial charge in [-0.15, -0.1) is 0 Å². The van der Waals surface area contributed by atoms with E-state index in [1.54, 1.807) is 47.0 Å². The zero-order valence-corrected chi connectivity index (χ0v) is 18.1. The fourth-order valence-electron chi connectivity index (χ4n) is 2.86. The molecule has 1 heterocycles. The van der Waals surface area contributed by atoms with E-state index in [-0.39, 0.29) is 23.1 Å². The van der Waals surface area contributed by atoms with Gasteiger partial charge < -0.3 is 11.1 Å². The third kappa shape index (κ3) is 5.20. The molecule has 0 unspecified atom stereocenters. The van der Waals surface area contributed by atoms with Crippen molar-refractivity contribution in [1.82, 2.24) is 9.55 Å². The molecule has 0 saturated carbocycles. The number of nitrogens with one attached hydrogen (secondary N) is 1. The highest BCUT2D eigenvalue weighted by molar-refractivity contribution is 7.99. The van der Waals surface area contributed by atoms with Crippen molar-refractivity contribution in [3.63, 3.8) is 0 Å². The Morgan fingerprint density at radius 1 is 1.20 bits per heavy atom. The van der Waals surface area contributed by atoms with Gasteiger partial charge in [0.15, 0.2) is 5.16 Å². The lowest BCUT2D eigenvalue weighted by Gasteiger charge is -2.15. The zero-order valence-electron chi connectivity index (χ0n) is 16.5. The molecule has 0 fully saturated rings. The first kappa shape index (κ1) is 21.9. The Morgan fingerprint density at radius 2 is 1.90 bits per heavy atom. The molecule has 0 aliphatic carbocycles. The molecule has 0 saturated heterocycles. The first-order valence-corrected chi connectivity index (χ1v) is 10.6. The Morgan fingerprint density at radius 3 is 2.53 bits per heavy atom. The Hall–Kier alpha value is -2.84. The SMILES string of the molecule is CC(C)Cn1c(SCC(=O)Nc2ccc(C(N)=O)cc2)nc2cc(Cl)ccc2c1=O. The van der Waals surface area contributed by atoms with Crippen LogP contribution in [0.15, 0.2) is 52.4 Å². The number of carbonyl (C=O) groups is 2. The van der Waals surface area contributed by atoms with E-state index in [2.05, 4.69) is 10.3 Å². The normalized spacial score (nSPS) is 11.1. The number of halogens is 1. The third-order valence-electron chi connectivity index (χ3n) is 4.22. The van der Waals surface area contributed by atoms with E-state index in [9.17, 15) is 14.4 Å². The highest BCUT2D eigenvalue weighted by Gasteiger charge is 2.15. The number of nitrogens with zero attached hydrogens (tertiary/aromatic N) is 2. The fraction of sp³-hybridized carbons (Fsp3) is 0.238. The van der Waals surface area contributed by atoms with Gasteiger partial charge in [-0.2, -0.15) is 0 Å². The van der Waals surface area contributed by atoms with Crippen molar-refractivity contribution in [1.29, 1.82) is 0 Å². The summed E-state index contributed by atoms with van der Waals surface area (Å²) in [6.07, 6.45) is 0. The van der Waals surface area contributed by atoms with Crippen LogP contribution in [-0.4, -0.2) is 27.1 Å². The summed E-state index contributed by atoms with van der Waals surface area (Å²) < 4.78 is 1.60. The minimum Gasteiger partial charge on any atom is -0.366 e. The number of carbonyl (C=O) groups excluding carboxylic acids is 2. The zero-order chi connectivity index (χ0) is 21.8. The fourth-order valence-corrected chi connectivity index (χ4v) is 3.83. The standard InChI is InChI=1S/C21H21ClN4O3S/c1-12(2)10-26-20(29)16-8-5-14(22)9-17(16)25-21(26)30-11-18(27)24-15-6-3-13(4-7-15)19(23)28/h3-9,12H,10-11H2,1-2H3,(H2,23,28)(H,24,27). The van der Waals surface area contributed by atoms with Gasteiger partial charge in [0, 0.05) is 22.8 Å². The molecule has 2 amide bonds. The Balaban J connectivity index is 1.80. The third-order valence-corrected chi connectivity index (χ3v) is 5.43. The monoisotopic (exact) mass is 444 g/mol. The Labute approximate surface area is 182 Å². The predicted octanol–water partition coefficient (Wildman–Crippen LogP) is 3.54. The van der Waals surface area contributed by atoms with Crippen molar-refractivity contribution in [2.45, 2.75) is 25.5 Å². The van der Waals surface area contributed by atoms with E-state index in [0.717, 1.165) is 0 Å². The second kappa shape index (κ2) is 9.32. The summed E-state index contributed by atoms with van der Waals surface area (Å²) >= 11 is 7.23.